The zero-order chi connectivity index (χ0) is 23.3. The van der Waals surface area contributed by atoms with Crippen molar-refractivity contribution in [1.29, 1.82) is 0 Å². The molecule has 2 aromatic heterocycles. The van der Waals surface area contributed by atoms with Crippen molar-refractivity contribution < 1.29 is 17.9 Å². The Hall–Kier alpha value is -3.30. The SMILES string of the molecule is COc1ccc2sc(N(Cc3cccnc3)C(=O)CCCS(=O)(=O)c3ccccc3)nc2c1. The van der Waals surface area contributed by atoms with Gasteiger partial charge in [-0.05, 0) is 42.3 Å². The van der Waals surface area contributed by atoms with E-state index >= 15 is 0 Å². The third-order valence-electron chi connectivity index (χ3n) is 5.08. The molecule has 2 aromatic carbocycles. The molecule has 0 aliphatic carbocycles. The maximum atomic E-state index is 13.2. The van der Waals surface area contributed by atoms with Gasteiger partial charge in [-0.2, -0.15) is 0 Å². The normalized spacial score (nSPS) is 11.4. The Kier molecular flexibility index (Phi) is 7.00. The zero-order valence-corrected chi connectivity index (χ0v) is 19.7. The number of pyridine rings is 1. The lowest BCUT2D eigenvalue weighted by Crippen LogP contribution is -2.30. The Labute approximate surface area is 196 Å². The number of nitrogens with zero attached hydrogens (tertiary/aromatic N) is 3. The summed E-state index contributed by atoms with van der Waals surface area (Å²) in [7, 11) is -1.85. The maximum Gasteiger partial charge on any atom is 0.229 e. The van der Waals surface area contributed by atoms with Gasteiger partial charge in [-0.15, -0.1) is 0 Å². The second kappa shape index (κ2) is 10.1. The van der Waals surface area contributed by atoms with E-state index in [1.165, 1.54) is 11.3 Å². The van der Waals surface area contributed by atoms with E-state index in [1.54, 1.807) is 54.7 Å². The van der Waals surface area contributed by atoms with Crippen LogP contribution in [0.2, 0.25) is 0 Å². The summed E-state index contributed by atoms with van der Waals surface area (Å²) in [6, 6.07) is 17.6. The molecule has 1 amide bonds. The van der Waals surface area contributed by atoms with E-state index in [-0.39, 0.29) is 29.4 Å². The molecule has 0 radical (unpaired) electrons. The van der Waals surface area contributed by atoms with Crippen molar-refractivity contribution in [2.24, 2.45) is 0 Å². The summed E-state index contributed by atoms with van der Waals surface area (Å²) in [6.45, 7) is 0.301. The lowest BCUT2D eigenvalue weighted by Gasteiger charge is -2.20. The number of hydrogen-bond donors (Lipinski definition) is 0. The van der Waals surface area contributed by atoms with Crippen molar-refractivity contribution in [3.63, 3.8) is 0 Å². The van der Waals surface area contributed by atoms with Crippen LogP contribution in [0.3, 0.4) is 0 Å². The van der Waals surface area contributed by atoms with Gasteiger partial charge in [0.1, 0.15) is 5.75 Å². The summed E-state index contributed by atoms with van der Waals surface area (Å²) < 4.78 is 31.3. The number of methoxy groups -OCH3 is 1. The molecule has 4 aromatic rings. The van der Waals surface area contributed by atoms with Crippen molar-refractivity contribution in [3.05, 3.63) is 78.6 Å². The molecule has 0 N–H and O–H groups in total. The van der Waals surface area contributed by atoms with Gasteiger partial charge in [-0.25, -0.2) is 13.4 Å². The van der Waals surface area contributed by atoms with Gasteiger partial charge in [0.25, 0.3) is 0 Å². The second-order valence-electron chi connectivity index (χ2n) is 7.41. The van der Waals surface area contributed by atoms with E-state index in [1.807, 2.05) is 30.3 Å². The Bertz CT molecular complexity index is 1340. The molecule has 33 heavy (non-hydrogen) atoms. The summed E-state index contributed by atoms with van der Waals surface area (Å²) >= 11 is 1.41. The molecule has 0 aliphatic rings. The van der Waals surface area contributed by atoms with Crippen molar-refractivity contribution >= 4 is 42.4 Å². The van der Waals surface area contributed by atoms with E-state index in [0.717, 1.165) is 15.8 Å². The Balaban J connectivity index is 1.54. The van der Waals surface area contributed by atoms with Crippen LogP contribution in [0.5, 0.6) is 5.75 Å². The Morgan fingerprint density at radius 1 is 1.09 bits per heavy atom. The molecule has 7 nitrogen and oxygen atoms in total. The second-order valence-corrected chi connectivity index (χ2v) is 10.5. The van der Waals surface area contributed by atoms with E-state index in [2.05, 4.69) is 9.97 Å². The highest BCUT2D eigenvalue weighted by atomic mass is 32.2. The molecular formula is C24H23N3O4S2. The van der Waals surface area contributed by atoms with Crippen LogP contribution in [0.15, 0.2) is 78.0 Å². The first-order valence-electron chi connectivity index (χ1n) is 10.4. The summed E-state index contributed by atoms with van der Waals surface area (Å²) in [6.07, 6.45) is 3.69. The first-order chi connectivity index (χ1) is 16.0. The molecule has 170 valence electrons. The number of amides is 1. The number of sulfone groups is 1. The molecule has 0 fully saturated rings. The standard InChI is InChI=1S/C24H23N3O4S2/c1-31-19-11-12-22-21(15-19)26-24(32-22)27(17-18-7-5-13-25-16-18)23(28)10-6-14-33(29,30)20-8-3-2-4-9-20/h2-5,7-9,11-13,15-16H,6,10,14,17H2,1H3. The summed E-state index contributed by atoms with van der Waals surface area (Å²) in [5.74, 6) is 0.407. The van der Waals surface area contributed by atoms with E-state index in [9.17, 15) is 13.2 Å². The van der Waals surface area contributed by atoms with Crippen LogP contribution in [-0.4, -0.2) is 37.2 Å². The molecule has 0 atom stereocenters. The first kappa shape index (κ1) is 22.9. The molecule has 2 heterocycles. The highest BCUT2D eigenvalue weighted by Gasteiger charge is 2.22. The molecule has 0 saturated heterocycles. The van der Waals surface area contributed by atoms with Crippen molar-refractivity contribution in [2.45, 2.75) is 24.3 Å². The Morgan fingerprint density at radius 2 is 1.91 bits per heavy atom. The number of anilines is 1. The number of thiazole rings is 1. The number of benzene rings is 2. The number of fused-ring (bicyclic) bond motifs is 1. The number of aromatic nitrogens is 2. The van der Waals surface area contributed by atoms with Crippen molar-refractivity contribution in [3.8, 4) is 5.75 Å². The van der Waals surface area contributed by atoms with E-state index < -0.39 is 9.84 Å². The van der Waals surface area contributed by atoms with Gasteiger partial charge < -0.3 is 4.74 Å². The molecular weight excluding hydrogens is 458 g/mol. The number of carbonyl (C=O) groups excluding carboxylic acids is 1. The van der Waals surface area contributed by atoms with Gasteiger partial charge in [-0.3, -0.25) is 14.7 Å². The number of rotatable bonds is 9. The summed E-state index contributed by atoms with van der Waals surface area (Å²) in [5.41, 5.74) is 1.60. The van der Waals surface area contributed by atoms with Crippen LogP contribution in [0, 0.1) is 0 Å². The van der Waals surface area contributed by atoms with Crippen LogP contribution in [0.4, 0.5) is 5.13 Å². The van der Waals surface area contributed by atoms with E-state index in [0.29, 0.717) is 17.4 Å². The summed E-state index contributed by atoms with van der Waals surface area (Å²) in [5, 5.41) is 0.554. The van der Waals surface area contributed by atoms with Crippen LogP contribution in [0.1, 0.15) is 18.4 Å². The van der Waals surface area contributed by atoms with Gasteiger partial charge >= 0.3 is 0 Å². The van der Waals surface area contributed by atoms with Crippen LogP contribution in [-0.2, 0) is 21.2 Å². The zero-order valence-electron chi connectivity index (χ0n) is 18.0. The van der Waals surface area contributed by atoms with Crippen LogP contribution < -0.4 is 9.64 Å². The Morgan fingerprint density at radius 3 is 2.64 bits per heavy atom. The fourth-order valence-corrected chi connectivity index (χ4v) is 5.66. The monoisotopic (exact) mass is 481 g/mol. The van der Waals surface area contributed by atoms with Gasteiger partial charge in [0.2, 0.25) is 5.91 Å². The molecule has 0 aliphatic heterocycles. The predicted octanol–water partition coefficient (Wildman–Crippen LogP) is 4.49. The van der Waals surface area contributed by atoms with E-state index in [4.69, 9.17) is 4.74 Å². The minimum absolute atomic E-state index is 0.0889. The predicted molar refractivity (Wildman–Crippen MR) is 129 cm³/mol. The van der Waals surface area contributed by atoms with Gasteiger partial charge in [-0.1, -0.05) is 35.6 Å². The molecule has 9 heteroatoms. The average molecular weight is 482 g/mol. The third kappa shape index (κ3) is 5.55. The fraction of sp³-hybridized carbons (Fsp3) is 0.208. The number of ether oxygens (including phenoxy) is 1. The highest BCUT2D eigenvalue weighted by molar-refractivity contribution is 7.91. The average Bonchev–Trinajstić information content (AvgIpc) is 3.26. The largest absolute Gasteiger partial charge is 0.497 e. The van der Waals surface area contributed by atoms with Crippen LogP contribution >= 0.6 is 11.3 Å². The molecule has 0 bridgehead atoms. The van der Waals surface area contributed by atoms with Gasteiger partial charge in [0.15, 0.2) is 15.0 Å². The van der Waals surface area contributed by atoms with Gasteiger partial charge in [0.05, 0.1) is 34.5 Å². The quantitative estimate of drug-likeness (QED) is 0.350. The lowest BCUT2D eigenvalue weighted by atomic mass is 10.2. The first-order valence-corrected chi connectivity index (χ1v) is 12.8. The fourth-order valence-electron chi connectivity index (χ4n) is 3.37. The van der Waals surface area contributed by atoms with Crippen molar-refractivity contribution in [1.82, 2.24) is 9.97 Å². The topological polar surface area (TPSA) is 89.5 Å². The van der Waals surface area contributed by atoms with Crippen molar-refractivity contribution in [2.75, 3.05) is 17.8 Å². The maximum absolute atomic E-state index is 13.2. The minimum atomic E-state index is -3.44. The molecule has 0 spiro atoms. The minimum Gasteiger partial charge on any atom is -0.497 e. The lowest BCUT2D eigenvalue weighted by molar-refractivity contribution is -0.118. The number of hydrogen-bond acceptors (Lipinski definition) is 7. The third-order valence-corrected chi connectivity index (χ3v) is 7.96. The highest BCUT2D eigenvalue weighted by Crippen LogP contribution is 2.32. The smallest absolute Gasteiger partial charge is 0.229 e. The molecule has 0 saturated carbocycles. The van der Waals surface area contributed by atoms with Crippen LogP contribution in [0.25, 0.3) is 10.2 Å². The number of carbonyl (C=O) groups is 1. The molecule has 0 unspecified atom stereocenters. The summed E-state index contributed by atoms with van der Waals surface area (Å²) in [4.78, 5) is 23.9. The van der Waals surface area contributed by atoms with Gasteiger partial charge in [0, 0.05) is 24.9 Å². The molecule has 4 rings (SSSR count).